The van der Waals surface area contributed by atoms with Crippen molar-refractivity contribution >= 4 is 16.7 Å². The minimum absolute atomic E-state index is 0.104. The summed E-state index contributed by atoms with van der Waals surface area (Å²) in [6.45, 7) is 2.00. The fraction of sp³-hybridized carbons (Fsp3) is 0.188. The van der Waals surface area contributed by atoms with Crippen LogP contribution >= 0.6 is 0 Å². The fourth-order valence-electron chi connectivity index (χ4n) is 2.63. The van der Waals surface area contributed by atoms with Crippen molar-refractivity contribution in [2.24, 2.45) is 0 Å². The maximum Gasteiger partial charge on any atom is 0.272 e. The number of benzene rings is 2. The topological polar surface area (TPSA) is 81.2 Å². The van der Waals surface area contributed by atoms with Crippen molar-refractivity contribution < 1.29 is 10.0 Å². The molecule has 3 aromatic rings. The molecule has 6 nitrogen and oxygen atoms in total. The van der Waals surface area contributed by atoms with Gasteiger partial charge in [-0.05, 0) is 24.6 Å². The Kier molecular flexibility index (Phi) is 3.60. The normalized spacial score (nSPS) is 11.0. The summed E-state index contributed by atoms with van der Waals surface area (Å²) in [5.74, 6) is 0.548. The van der Waals surface area contributed by atoms with Crippen LogP contribution in [0.5, 0.6) is 0 Å². The van der Waals surface area contributed by atoms with Crippen molar-refractivity contribution in [3.05, 3.63) is 69.5 Å². The van der Waals surface area contributed by atoms with E-state index < -0.39 is 0 Å². The Labute approximate surface area is 126 Å². The van der Waals surface area contributed by atoms with E-state index in [9.17, 15) is 15.2 Å². The smallest absolute Gasteiger partial charge is 0.272 e. The van der Waals surface area contributed by atoms with Gasteiger partial charge >= 0.3 is 0 Å². The number of aromatic nitrogens is 2. The number of hydrogen-bond acceptors (Lipinski definition) is 4. The molecular weight excluding hydrogens is 282 g/mol. The summed E-state index contributed by atoms with van der Waals surface area (Å²) in [6, 6.07) is 12.6. The second-order valence-corrected chi connectivity index (χ2v) is 5.08. The SMILES string of the molecule is Cc1c(Cn2c(CO)nc3ccccc32)cccc1[N+](=O)[O-]. The summed E-state index contributed by atoms with van der Waals surface area (Å²) in [5, 5.41) is 20.6. The average Bonchev–Trinajstić information content (AvgIpc) is 2.87. The van der Waals surface area contributed by atoms with Gasteiger partial charge in [-0.1, -0.05) is 24.3 Å². The first-order valence-electron chi connectivity index (χ1n) is 6.89. The van der Waals surface area contributed by atoms with E-state index in [0.717, 1.165) is 16.6 Å². The van der Waals surface area contributed by atoms with Gasteiger partial charge in [0.2, 0.25) is 0 Å². The lowest BCUT2D eigenvalue weighted by Crippen LogP contribution is -2.07. The van der Waals surface area contributed by atoms with Crippen LogP contribution in [0.4, 0.5) is 5.69 Å². The molecule has 0 aliphatic heterocycles. The average molecular weight is 297 g/mol. The highest BCUT2D eigenvalue weighted by molar-refractivity contribution is 5.76. The molecule has 1 N–H and O–H groups in total. The maximum absolute atomic E-state index is 11.1. The lowest BCUT2D eigenvalue weighted by molar-refractivity contribution is -0.385. The van der Waals surface area contributed by atoms with Gasteiger partial charge < -0.3 is 9.67 Å². The molecule has 0 aliphatic rings. The third-order valence-corrected chi connectivity index (χ3v) is 3.82. The van der Waals surface area contributed by atoms with Gasteiger partial charge in [0.15, 0.2) is 0 Å². The Bertz CT molecular complexity index is 855. The minimum Gasteiger partial charge on any atom is -0.388 e. The predicted octanol–water partition coefficient (Wildman–Crippen LogP) is 2.79. The van der Waals surface area contributed by atoms with E-state index in [4.69, 9.17) is 0 Å². The first-order valence-corrected chi connectivity index (χ1v) is 6.89. The zero-order valence-corrected chi connectivity index (χ0v) is 12.1. The highest BCUT2D eigenvalue weighted by Crippen LogP contribution is 2.24. The minimum atomic E-state index is -0.377. The molecule has 0 radical (unpaired) electrons. The lowest BCUT2D eigenvalue weighted by atomic mass is 10.1. The van der Waals surface area contributed by atoms with Crippen LogP contribution in [0.1, 0.15) is 17.0 Å². The molecule has 0 aliphatic carbocycles. The molecule has 0 saturated carbocycles. The molecule has 0 unspecified atom stereocenters. The van der Waals surface area contributed by atoms with Crippen LogP contribution in [0.2, 0.25) is 0 Å². The molecule has 0 amide bonds. The molecule has 1 heterocycles. The molecule has 0 saturated heterocycles. The summed E-state index contributed by atoms with van der Waals surface area (Å²) in [4.78, 5) is 15.1. The van der Waals surface area contributed by atoms with E-state index in [1.807, 2.05) is 34.9 Å². The fourth-order valence-corrected chi connectivity index (χ4v) is 2.63. The Morgan fingerprint density at radius 3 is 2.73 bits per heavy atom. The second-order valence-electron chi connectivity index (χ2n) is 5.08. The van der Waals surface area contributed by atoms with E-state index in [1.54, 1.807) is 13.0 Å². The monoisotopic (exact) mass is 297 g/mol. The Morgan fingerprint density at radius 1 is 1.23 bits per heavy atom. The van der Waals surface area contributed by atoms with Crippen LogP contribution in [0.15, 0.2) is 42.5 Å². The van der Waals surface area contributed by atoms with Gasteiger partial charge in [0.1, 0.15) is 12.4 Å². The molecule has 0 atom stereocenters. The third kappa shape index (κ3) is 2.33. The van der Waals surface area contributed by atoms with E-state index in [1.165, 1.54) is 6.07 Å². The van der Waals surface area contributed by atoms with Crippen LogP contribution < -0.4 is 0 Å². The van der Waals surface area contributed by atoms with Crippen molar-refractivity contribution in [2.75, 3.05) is 0 Å². The van der Waals surface area contributed by atoms with Gasteiger partial charge in [-0.15, -0.1) is 0 Å². The van der Waals surface area contributed by atoms with Crippen molar-refractivity contribution in [3.63, 3.8) is 0 Å². The van der Waals surface area contributed by atoms with E-state index in [-0.39, 0.29) is 17.2 Å². The number of aliphatic hydroxyl groups excluding tert-OH is 1. The van der Waals surface area contributed by atoms with Gasteiger partial charge in [-0.2, -0.15) is 0 Å². The Hall–Kier alpha value is -2.73. The van der Waals surface area contributed by atoms with Crippen molar-refractivity contribution in [2.45, 2.75) is 20.1 Å². The molecule has 0 fully saturated rings. The van der Waals surface area contributed by atoms with Crippen molar-refractivity contribution in [1.82, 2.24) is 9.55 Å². The number of nitrogens with zero attached hydrogens (tertiary/aromatic N) is 3. The second kappa shape index (κ2) is 5.57. The van der Waals surface area contributed by atoms with E-state index in [0.29, 0.717) is 17.9 Å². The zero-order valence-electron chi connectivity index (χ0n) is 12.1. The number of fused-ring (bicyclic) bond motifs is 1. The van der Waals surface area contributed by atoms with E-state index in [2.05, 4.69) is 4.98 Å². The molecule has 6 heteroatoms. The number of imidazole rings is 1. The summed E-state index contributed by atoms with van der Waals surface area (Å²) < 4.78 is 1.89. The summed E-state index contributed by atoms with van der Waals surface area (Å²) >= 11 is 0. The number of aliphatic hydroxyl groups is 1. The summed E-state index contributed by atoms with van der Waals surface area (Å²) in [5.41, 5.74) is 3.28. The Morgan fingerprint density at radius 2 is 2.00 bits per heavy atom. The molecule has 22 heavy (non-hydrogen) atoms. The first-order chi connectivity index (χ1) is 10.6. The molecule has 3 rings (SSSR count). The zero-order chi connectivity index (χ0) is 15.7. The van der Waals surface area contributed by atoms with Crippen LogP contribution in [0, 0.1) is 17.0 Å². The summed E-state index contributed by atoms with van der Waals surface area (Å²) in [6.07, 6.45) is 0. The van der Waals surface area contributed by atoms with E-state index >= 15 is 0 Å². The van der Waals surface area contributed by atoms with Crippen LogP contribution in [-0.4, -0.2) is 19.6 Å². The molecule has 0 spiro atoms. The number of hydrogen-bond donors (Lipinski definition) is 1. The van der Waals surface area contributed by atoms with Crippen molar-refractivity contribution in [1.29, 1.82) is 0 Å². The van der Waals surface area contributed by atoms with Crippen LogP contribution in [-0.2, 0) is 13.2 Å². The van der Waals surface area contributed by atoms with Crippen LogP contribution in [0.3, 0.4) is 0 Å². The molecule has 0 bridgehead atoms. The Balaban J connectivity index is 2.11. The van der Waals surface area contributed by atoms with Gasteiger partial charge in [0.25, 0.3) is 5.69 Å². The largest absolute Gasteiger partial charge is 0.388 e. The molecule has 1 aromatic heterocycles. The van der Waals surface area contributed by atoms with Gasteiger partial charge in [-0.25, -0.2) is 4.98 Å². The van der Waals surface area contributed by atoms with Crippen molar-refractivity contribution in [3.8, 4) is 0 Å². The number of nitro groups is 1. The number of nitro benzene ring substituents is 1. The standard InChI is InChI=1S/C16H15N3O3/c1-11-12(5-4-8-14(11)19(21)22)9-18-15-7-3-2-6-13(15)17-16(18)10-20/h2-8,20H,9-10H2,1H3. The predicted molar refractivity (Wildman–Crippen MR) is 82.6 cm³/mol. The van der Waals surface area contributed by atoms with Gasteiger partial charge in [0.05, 0.1) is 16.0 Å². The quantitative estimate of drug-likeness (QED) is 0.593. The van der Waals surface area contributed by atoms with Crippen LogP contribution in [0.25, 0.3) is 11.0 Å². The maximum atomic E-state index is 11.1. The lowest BCUT2D eigenvalue weighted by Gasteiger charge is -2.10. The molecule has 2 aromatic carbocycles. The summed E-state index contributed by atoms with van der Waals surface area (Å²) in [7, 11) is 0. The van der Waals surface area contributed by atoms with Gasteiger partial charge in [0, 0.05) is 18.2 Å². The number of para-hydroxylation sites is 2. The highest BCUT2D eigenvalue weighted by Gasteiger charge is 2.16. The molecule has 112 valence electrons. The third-order valence-electron chi connectivity index (χ3n) is 3.82. The first kappa shape index (κ1) is 14.2. The number of rotatable bonds is 4. The highest BCUT2D eigenvalue weighted by atomic mass is 16.6. The van der Waals surface area contributed by atoms with Gasteiger partial charge in [-0.3, -0.25) is 10.1 Å². The molecular formula is C16H15N3O3.